The van der Waals surface area contributed by atoms with Crippen LogP contribution in [-0.2, 0) is 9.53 Å². The van der Waals surface area contributed by atoms with E-state index in [2.05, 4.69) is 4.74 Å². The molecule has 0 aliphatic heterocycles. The second kappa shape index (κ2) is 6.28. The Balaban J connectivity index is 2.45. The Morgan fingerprint density at radius 1 is 1.38 bits per heavy atom. The summed E-state index contributed by atoms with van der Waals surface area (Å²) in [6, 6.07) is 9.92. The molecule has 0 bridgehead atoms. The van der Waals surface area contributed by atoms with E-state index in [9.17, 15) is 4.79 Å². The number of hydrogen-bond donors (Lipinski definition) is 1. The fourth-order valence-corrected chi connectivity index (χ4v) is 1.72. The topological polar surface area (TPSA) is 52.3 Å². The lowest BCUT2D eigenvalue weighted by atomic mass is 9.94. The van der Waals surface area contributed by atoms with Crippen LogP contribution in [0.1, 0.15) is 31.4 Å². The molecular weight excluding hydrogens is 202 g/mol. The van der Waals surface area contributed by atoms with Gasteiger partial charge in [0.05, 0.1) is 7.11 Å². The van der Waals surface area contributed by atoms with E-state index in [0.29, 0.717) is 6.42 Å². The van der Waals surface area contributed by atoms with E-state index in [0.717, 1.165) is 12.0 Å². The summed E-state index contributed by atoms with van der Waals surface area (Å²) in [5.41, 5.74) is 7.17. The first-order valence-electron chi connectivity index (χ1n) is 5.50. The van der Waals surface area contributed by atoms with Crippen LogP contribution < -0.4 is 5.73 Å². The SMILES string of the molecule is COC(=O)CC(C)CC(N)c1ccccc1. The van der Waals surface area contributed by atoms with Gasteiger partial charge in [-0.05, 0) is 17.9 Å². The van der Waals surface area contributed by atoms with Crippen LogP contribution in [-0.4, -0.2) is 13.1 Å². The molecular formula is C13H19NO2. The van der Waals surface area contributed by atoms with Crippen molar-refractivity contribution in [1.29, 1.82) is 0 Å². The largest absolute Gasteiger partial charge is 0.469 e. The van der Waals surface area contributed by atoms with Crippen LogP contribution in [0, 0.1) is 5.92 Å². The third kappa shape index (κ3) is 4.03. The molecule has 0 saturated heterocycles. The normalized spacial score (nSPS) is 14.2. The molecule has 1 aromatic carbocycles. The van der Waals surface area contributed by atoms with E-state index in [1.165, 1.54) is 7.11 Å². The summed E-state index contributed by atoms with van der Waals surface area (Å²) in [6.45, 7) is 2.01. The van der Waals surface area contributed by atoms with Gasteiger partial charge in [-0.1, -0.05) is 37.3 Å². The Morgan fingerprint density at radius 2 is 2.00 bits per heavy atom. The minimum absolute atomic E-state index is 0.0131. The summed E-state index contributed by atoms with van der Waals surface area (Å²) in [4.78, 5) is 11.1. The van der Waals surface area contributed by atoms with Crippen molar-refractivity contribution in [3.8, 4) is 0 Å². The van der Waals surface area contributed by atoms with Gasteiger partial charge in [-0.15, -0.1) is 0 Å². The molecule has 0 radical (unpaired) electrons. The van der Waals surface area contributed by atoms with Gasteiger partial charge < -0.3 is 10.5 Å². The molecule has 2 atom stereocenters. The van der Waals surface area contributed by atoms with Gasteiger partial charge in [0, 0.05) is 12.5 Å². The average molecular weight is 221 g/mol. The van der Waals surface area contributed by atoms with Crippen LogP contribution in [0.2, 0.25) is 0 Å². The molecule has 0 aromatic heterocycles. The van der Waals surface area contributed by atoms with Crippen LogP contribution in [0.4, 0.5) is 0 Å². The third-order valence-electron chi connectivity index (χ3n) is 2.63. The van der Waals surface area contributed by atoms with Crippen molar-refractivity contribution in [3.63, 3.8) is 0 Å². The predicted molar refractivity (Wildman–Crippen MR) is 63.8 cm³/mol. The van der Waals surface area contributed by atoms with Gasteiger partial charge in [-0.3, -0.25) is 4.79 Å². The highest BCUT2D eigenvalue weighted by atomic mass is 16.5. The molecule has 1 rings (SSSR count). The van der Waals surface area contributed by atoms with Crippen LogP contribution in [0.5, 0.6) is 0 Å². The van der Waals surface area contributed by atoms with Gasteiger partial charge in [-0.25, -0.2) is 0 Å². The van der Waals surface area contributed by atoms with Crippen LogP contribution >= 0.6 is 0 Å². The standard InChI is InChI=1S/C13H19NO2/c1-10(9-13(15)16-2)8-12(14)11-6-4-3-5-7-11/h3-7,10,12H,8-9,14H2,1-2H3. The number of rotatable bonds is 5. The zero-order valence-corrected chi connectivity index (χ0v) is 9.85. The maximum Gasteiger partial charge on any atom is 0.305 e. The minimum atomic E-state index is -0.173. The number of carbonyl (C=O) groups excluding carboxylic acids is 1. The highest BCUT2D eigenvalue weighted by Gasteiger charge is 2.14. The average Bonchev–Trinajstić information content (AvgIpc) is 2.29. The van der Waals surface area contributed by atoms with Crippen molar-refractivity contribution in [2.75, 3.05) is 7.11 Å². The number of methoxy groups -OCH3 is 1. The Hall–Kier alpha value is -1.35. The van der Waals surface area contributed by atoms with E-state index in [-0.39, 0.29) is 17.9 Å². The minimum Gasteiger partial charge on any atom is -0.469 e. The van der Waals surface area contributed by atoms with Crippen molar-refractivity contribution in [2.24, 2.45) is 11.7 Å². The third-order valence-corrected chi connectivity index (χ3v) is 2.63. The summed E-state index contributed by atoms with van der Waals surface area (Å²) in [6.07, 6.45) is 1.22. The van der Waals surface area contributed by atoms with E-state index < -0.39 is 0 Å². The molecule has 3 heteroatoms. The number of nitrogens with two attached hydrogens (primary N) is 1. The molecule has 3 nitrogen and oxygen atoms in total. The van der Waals surface area contributed by atoms with Gasteiger partial charge in [0.2, 0.25) is 0 Å². The lowest BCUT2D eigenvalue weighted by Gasteiger charge is -2.16. The first kappa shape index (κ1) is 12.7. The summed E-state index contributed by atoms with van der Waals surface area (Å²) in [5.74, 6) is 0.0652. The highest BCUT2D eigenvalue weighted by molar-refractivity contribution is 5.69. The second-order valence-electron chi connectivity index (χ2n) is 4.14. The molecule has 88 valence electrons. The van der Waals surface area contributed by atoms with Crippen molar-refractivity contribution in [1.82, 2.24) is 0 Å². The molecule has 0 spiro atoms. The molecule has 0 heterocycles. The van der Waals surface area contributed by atoms with Crippen molar-refractivity contribution in [2.45, 2.75) is 25.8 Å². The monoisotopic (exact) mass is 221 g/mol. The number of benzene rings is 1. The van der Waals surface area contributed by atoms with Gasteiger partial charge in [-0.2, -0.15) is 0 Å². The molecule has 2 N–H and O–H groups in total. The first-order valence-corrected chi connectivity index (χ1v) is 5.50. The van der Waals surface area contributed by atoms with Crippen LogP contribution in [0.15, 0.2) is 30.3 Å². The molecule has 0 aliphatic rings. The number of esters is 1. The molecule has 1 aromatic rings. The Morgan fingerprint density at radius 3 is 2.56 bits per heavy atom. The van der Waals surface area contributed by atoms with Crippen molar-refractivity contribution < 1.29 is 9.53 Å². The Bertz CT molecular complexity index is 324. The van der Waals surface area contributed by atoms with Crippen LogP contribution in [0.3, 0.4) is 0 Å². The van der Waals surface area contributed by atoms with E-state index in [1.807, 2.05) is 37.3 Å². The molecule has 0 fully saturated rings. The lowest BCUT2D eigenvalue weighted by Crippen LogP contribution is -2.16. The lowest BCUT2D eigenvalue weighted by molar-refractivity contribution is -0.141. The smallest absolute Gasteiger partial charge is 0.305 e. The van der Waals surface area contributed by atoms with Crippen LogP contribution in [0.25, 0.3) is 0 Å². The maximum absolute atomic E-state index is 11.1. The Labute approximate surface area is 96.6 Å². The van der Waals surface area contributed by atoms with Crippen molar-refractivity contribution in [3.05, 3.63) is 35.9 Å². The molecule has 16 heavy (non-hydrogen) atoms. The summed E-state index contributed by atoms with van der Waals surface area (Å²) in [7, 11) is 1.41. The van der Waals surface area contributed by atoms with E-state index in [1.54, 1.807) is 0 Å². The number of hydrogen-bond acceptors (Lipinski definition) is 3. The number of carbonyl (C=O) groups is 1. The van der Waals surface area contributed by atoms with E-state index in [4.69, 9.17) is 5.73 Å². The molecule has 0 aliphatic carbocycles. The molecule has 0 amide bonds. The second-order valence-corrected chi connectivity index (χ2v) is 4.14. The fraction of sp³-hybridized carbons (Fsp3) is 0.462. The van der Waals surface area contributed by atoms with Gasteiger partial charge in [0.25, 0.3) is 0 Å². The predicted octanol–water partition coefficient (Wildman–Crippen LogP) is 2.28. The summed E-state index contributed by atoms with van der Waals surface area (Å²) in [5, 5.41) is 0. The number of ether oxygens (including phenoxy) is 1. The van der Waals surface area contributed by atoms with Gasteiger partial charge in [0.1, 0.15) is 0 Å². The first-order chi connectivity index (χ1) is 7.63. The zero-order valence-electron chi connectivity index (χ0n) is 9.85. The quantitative estimate of drug-likeness (QED) is 0.776. The van der Waals surface area contributed by atoms with Gasteiger partial charge in [0.15, 0.2) is 0 Å². The molecule has 0 saturated carbocycles. The highest BCUT2D eigenvalue weighted by Crippen LogP contribution is 2.20. The maximum atomic E-state index is 11.1. The fourth-order valence-electron chi connectivity index (χ4n) is 1.72. The van der Waals surface area contributed by atoms with Gasteiger partial charge >= 0.3 is 5.97 Å². The summed E-state index contributed by atoms with van der Waals surface area (Å²) < 4.78 is 4.63. The van der Waals surface area contributed by atoms with E-state index >= 15 is 0 Å². The van der Waals surface area contributed by atoms with Crippen molar-refractivity contribution >= 4 is 5.97 Å². The Kier molecular flexibility index (Phi) is 4.99. The zero-order chi connectivity index (χ0) is 12.0. The summed E-state index contributed by atoms with van der Waals surface area (Å²) >= 11 is 0. The molecule has 2 unspecified atom stereocenters.